The van der Waals surface area contributed by atoms with Gasteiger partial charge in [0, 0.05) is 32.7 Å². The summed E-state index contributed by atoms with van der Waals surface area (Å²) in [5, 5.41) is 3.41. The maximum absolute atomic E-state index is 3.41. The number of nitrogens with zero attached hydrogens (tertiary/aromatic N) is 1. The van der Waals surface area contributed by atoms with Crippen molar-refractivity contribution in [1.29, 1.82) is 0 Å². The number of unbranched alkanes of at least 4 members (excludes halogenated alkanes) is 1. The molecular weight excluding hydrogens is 232 g/mol. The van der Waals surface area contributed by atoms with Crippen molar-refractivity contribution in [2.45, 2.75) is 39.0 Å². The minimum absolute atomic E-state index is 0.637. The first kappa shape index (κ1) is 14.5. The summed E-state index contributed by atoms with van der Waals surface area (Å²) in [5.41, 5.74) is 2.97. The van der Waals surface area contributed by atoms with Crippen LogP contribution >= 0.6 is 0 Å². The smallest absolute Gasteiger partial charge is 0.0108 e. The first-order chi connectivity index (χ1) is 9.29. The Bertz CT molecular complexity index is 352. The van der Waals surface area contributed by atoms with E-state index >= 15 is 0 Å². The number of aryl methyl sites for hydroxylation is 1. The molecule has 1 N–H and O–H groups in total. The monoisotopic (exact) mass is 260 g/mol. The van der Waals surface area contributed by atoms with Gasteiger partial charge in [-0.1, -0.05) is 44.5 Å². The van der Waals surface area contributed by atoms with Crippen LogP contribution in [0.15, 0.2) is 24.3 Å². The molecule has 106 valence electrons. The molecule has 1 saturated heterocycles. The first-order valence-electron chi connectivity index (χ1n) is 7.81. The van der Waals surface area contributed by atoms with Gasteiger partial charge < -0.3 is 10.2 Å². The summed E-state index contributed by atoms with van der Waals surface area (Å²) < 4.78 is 0. The normalized spacial score (nSPS) is 18.4. The molecular formula is C17H28N2. The summed E-state index contributed by atoms with van der Waals surface area (Å²) in [4.78, 5) is 2.58. The summed E-state index contributed by atoms with van der Waals surface area (Å²) in [6.07, 6.45) is 3.81. The fourth-order valence-corrected chi connectivity index (χ4v) is 2.78. The van der Waals surface area contributed by atoms with E-state index in [2.05, 4.69) is 48.3 Å². The molecule has 2 nitrogen and oxygen atoms in total. The highest BCUT2D eigenvalue weighted by Crippen LogP contribution is 2.18. The third-order valence-corrected chi connectivity index (χ3v) is 4.11. The first-order valence-corrected chi connectivity index (χ1v) is 7.81. The second-order valence-corrected chi connectivity index (χ2v) is 5.80. The molecule has 0 amide bonds. The molecule has 0 aromatic heterocycles. The number of benzene rings is 1. The lowest BCUT2D eigenvalue weighted by atomic mass is 9.97. The molecule has 0 spiro atoms. The van der Waals surface area contributed by atoms with E-state index in [1.54, 1.807) is 0 Å². The lowest BCUT2D eigenvalue weighted by Gasteiger charge is -2.29. The molecule has 0 radical (unpaired) electrons. The summed E-state index contributed by atoms with van der Waals surface area (Å²) in [6.45, 7) is 10.5. The van der Waals surface area contributed by atoms with E-state index in [9.17, 15) is 0 Å². The molecule has 1 aliphatic heterocycles. The van der Waals surface area contributed by atoms with E-state index in [1.165, 1.54) is 50.0 Å². The summed E-state index contributed by atoms with van der Waals surface area (Å²) >= 11 is 0. The molecule has 0 saturated carbocycles. The summed E-state index contributed by atoms with van der Waals surface area (Å²) in [5.74, 6) is 0.637. The highest BCUT2D eigenvalue weighted by molar-refractivity contribution is 5.25. The fraction of sp³-hybridized carbons (Fsp3) is 0.647. The minimum atomic E-state index is 0.637. The van der Waals surface area contributed by atoms with Gasteiger partial charge >= 0.3 is 0 Å². The highest BCUT2D eigenvalue weighted by Gasteiger charge is 2.14. The Balaban J connectivity index is 1.85. The molecule has 0 aliphatic carbocycles. The zero-order chi connectivity index (χ0) is 13.5. The van der Waals surface area contributed by atoms with Crippen LogP contribution in [0.1, 0.15) is 43.7 Å². The number of hydrogen-bond acceptors (Lipinski definition) is 2. The van der Waals surface area contributed by atoms with Gasteiger partial charge in [-0.2, -0.15) is 0 Å². The third kappa shape index (κ3) is 4.63. The minimum Gasteiger partial charge on any atom is -0.314 e. The van der Waals surface area contributed by atoms with E-state index in [0.717, 1.165) is 13.1 Å². The predicted octanol–water partition coefficient (Wildman–Crippen LogP) is 3.04. The van der Waals surface area contributed by atoms with Gasteiger partial charge in [-0.15, -0.1) is 0 Å². The topological polar surface area (TPSA) is 15.3 Å². The van der Waals surface area contributed by atoms with Crippen molar-refractivity contribution in [3.63, 3.8) is 0 Å². The van der Waals surface area contributed by atoms with Crippen LogP contribution in [0.4, 0.5) is 0 Å². The molecule has 1 aliphatic rings. The van der Waals surface area contributed by atoms with Crippen molar-refractivity contribution in [2.24, 2.45) is 0 Å². The molecule has 1 fully saturated rings. The molecule has 1 aromatic rings. The van der Waals surface area contributed by atoms with Crippen molar-refractivity contribution in [3.8, 4) is 0 Å². The molecule has 0 bridgehead atoms. The van der Waals surface area contributed by atoms with Gasteiger partial charge in [0.2, 0.25) is 0 Å². The zero-order valence-corrected chi connectivity index (χ0v) is 12.5. The van der Waals surface area contributed by atoms with Crippen LogP contribution in [0.3, 0.4) is 0 Å². The van der Waals surface area contributed by atoms with E-state index in [1.807, 2.05) is 0 Å². The van der Waals surface area contributed by atoms with Crippen molar-refractivity contribution in [1.82, 2.24) is 10.2 Å². The van der Waals surface area contributed by atoms with Gasteiger partial charge in [0.15, 0.2) is 0 Å². The Morgan fingerprint density at radius 2 is 1.84 bits per heavy atom. The fourth-order valence-electron chi connectivity index (χ4n) is 2.78. The van der Waals surface area contributed by atoms with Crippen molar-refractivity contribution in [2.75, 3.05) is 32.7 Å². The van der Waals surface area contributed by atoms with Gasteiger partial charge in [0.1, 0.15) is 0 Å². The lowest BCUT2D eigenvalue weighted by molar-refractivity contribution is 0.230. The Morgan fingerprint density at radius 3 is 2.47 bits per heavy atom. The SMILES string of the molecule is CCCCc1ccc(C(C)CN2CCNCC2)cc1. The van der Waals surface area contributed by atoms with Crippen molar-refractivity contribution in [3.05, 3.63) is 35.4 Å². The maximum Gasteiger partial charge on any atom is 0.0108 e. The van der Waals surface area contributed by atoms with Crippen LogP contribution in [-0.2, 0) is 6.42 Å². The second kappa shape index (κ2) is 7.66. The second-order valence-electron chi connectivity index (χ2n) is 5.80. The number of rotatable bonds is 6. The molecule has 1 aromatic carbocycles. The number of hydrogen-bond donors (Lipinski definition) is 1. The third-order valence-electron chi connectivity index (χ3n) is 4.11. The van der Waals surface area contributed by atoms with E-state index in [4.69, 9.17) is 0 Å². The molecule has 2 heteroatoms. The molecule has 19 heavy (non-hydrogen) atoms. The van der Waals surface area contributed by atoms with Gasteiger partial charge in [-0.3, -0.25) is 0 Å². The largest absolute Gasteiger partial charge is 0.314 e. The van der Waals surface area contributed by atoms with Gasteiger partial charge in [-0.25, -0.2) is 0 Å². The van der Waals surface area contributed by atoms with Gasteiger partial charge in [-0.05, 0) is 29.9 Å². The molecule has 1 heterocycles. The van der Waals surface area contributed by atoms with E-state index in [-0.39, 0.29) is 0 Å². The zero-order valence-electron chi connectivity index (χ0n) is 12.5. The van der Waals surface area contributed by atoms with Crippen LogP contribution < -0.4 is 5.32 Å². The molecule has 1 atom stereocenters. The molecule has 1 unspecified atom stereocenters. The van der Waals surface area contributed by atoms with Crippen LogP contribution in [-0.4, -0.2) is 37.6 Å². The Labute approximate surface area is 118 Å². The summed E-state index contributed by atoms with van der Waals surface area (Å²) in [7, 11) is 0. The van der Waals surface area contributed by atoms with Crippen molar-refractivity contribution >= 4 is 0 Å². The maximum atomic E-state index is 3.41. The van der Waals surface area contributed by atoms with E-state index in [0.29, 0.717) is 5.92 Å². The Morgan fingerprint density at radius 1 is 1.16 bits per heavy atom. The predicted molar refractivity (Wildman–Crippen MR) is 82.8 cm³/mol. The van der Waals surface area contributed by atoms with Crippen LogP contribution in [0.25, 0.3) is 0 Å². The quantitative estimate of drug-likeness (QED) is 0.846. The Kier molecular flexibility index (Phi) is 5.87. The lowest BCUT2D eigenvalue weighted by Crippen LogP contribution is -2.44. The van der Waals surface area contributed by atoms with Crippen LogP contribution in [0.5, 0.6) is 0 Å². The number of nitrogens with one attached hydrogen (secondary N) is 1. The molecule has 2 rings (SSSR count). The van der Waals surface area contributed by atoms with Crippen LogP contribution in [0.2, 0.25) is 0 Å². The number of piperazine rings is 1. The standard InChI is InChI=1S/C17H28N2/c1-3-4-5-16-6-8-17(9-7-16)15(2)14-19-12-10-18-11-13-19/h6-9,15,18H,3-5,10-14H2,1-2H3. The summed E-state index contributed by atoms with van der Waals surface area (Å²) in [6, 6.07) is 9.30. The average molecular weight is 260 g/mol. The van der Waals surface area contributed by atoms with E-state index < -0.39 is 0 Å². The van der Waals surface area contributed by atoms with Gasteiger partial charge in [0.05, 0.1) is 0 Å². The Hall–Kier alpha value is -0.860. The van der Waals surface area contributed by atoms with Crippen LogP contribution in [0, 0.1) is 0 Å². The van der Waals surface area contributed by atoms with Gasteiger partial charge in [0.25, 0.3) is 0 Å². The van der Waals surface area contributed by atoms with Crippen molar-refractivity contribution < 1.29 is 0 Å². The highest BCUT2D eigenvalue weighted by atomic mass is 15.2. The average Bonchev–Trinajstić information content (AvgIpc) is 2.46.